The van der Waals surface area contributed by atoms with Crippen LogP contribution in [0.15, 0.2) is 28.8 Å². The second-order valence-electron chi connectivity index (χ2n) is 10.7. The van der Waals surface area contributed by atoms with Crippen molar-refractivity contribution in [2.75, 3.05) is 19.7 Å². The summed E-state index contributed by atoms with van der Waals surface area (Å²) in [5, 5.41) is 14.4. The van der Waals surface area contributed by atoms with E-state index in [0.29, 0.717) is 21.8 Å². The third-order valence-electron chi connectivity index (χ3n) is 7.02. The molecule has 2 N–H and O–H groups in total. The zero-order valence-corrected chi connectivity index (χ0v) is 25.6. The smallest absolute Gasteiger partial charge is 0.328 e. The number of nitrogens with zero attached hydrogens (tertiary/aromatic N) is 4. The van der Waals surface area contributed by atoms with Crippen LogP contribution in [0.5, 0.6) is 0 Å². The number of carbonyl (C=O) groups excluding carboxylic acids is 3. The number of rotatable bonds is 11. The number of esters is 1. The molecule has 11 nitrogen and oxygen atoms in total. The highest BCUT2D eigenvalue weighted by Crippen LogP contribution is 2.31. The molecule has 41 heavy (non-hydrogen) atoms. The molecule has 2 amide bonds. The number of carbonyl (C=O) groups is 3. The SMILES string of the molecule is CCOC(=O)C(NC(=O)c1cc(C(=O)NC2CCN(C(C)C)CC2)n(Cc2cc(-c3ccc(Cl)s3)on2)n1)C(C)C. The maximum Gasteiger partial charge on any atom is 0.328 e. The Morgan fingerprint density at radius 3 is 2.49 bits per heavy atom. The molecule has 1 atom stereocenters. The highest BCUT2D eigenvalue weighted by molar-refractivity contribution is 7.19. The van der Waals surface area contributed by atoms with Gasteiger partial charge in [-0.15, -0.1) is 11.3 Å². The van der Waals surface area contributed by atoms with Crippen LogP contribution < -0.4 is 10.6 Å². The van der Waals surface area contributed by atoms with Crippen molar-refractivity contribution in [3.05, 3.63) is 45.7 Å². The summed E-state index contributed by atoms with van der Waals surface area (Å²) in [6.45, 7) is 11.7. The van der Waals surface area contributed by atoms with E-state index < -0.39 is 17.9 Å². The molecule has 4 rings (SSSR count). The van der Waals surface area contributed by atoms with Gasteiger partial charge >= 0.3 is 5.97 Å². The van der Waals surface area contributed by atoms with E-state index in [1.54, 1.807) is 19.1 Å². The molecule has 222 valence electrons. The van der Waals surface area contributed by atoms with E-state index in [4.69, 9.17) is 20.9 Å². The lowest BCUT2D eigenvalue weighted by Gasteiger charge is -2.34. The average molecular weight is 605 g/mol. The summed E-state index contributed by atoms with van der Waals surface area (Å²) in [4.78, 5) is 42.3. The second kappa shape index (κ2) is 13.6. The molecule has 1 aliphatic rings. The first-order valence-electron chi connectivity index (χ1n) is 13.9. The molecule has 1 saturated heterocycles. The Morgan fingerprint density at radius 1 is 1.15 bits per heavy atom. The molecule has 3 aromatic rings. The number of halogens is 1. The fraction of sp³-hybridized carbons (Fsp3) is 0.536. The van der Waals surface area contributed by atoms with Crippen LogP contribution in [0, 0.1) is 5.92 Å². The van der Waals surface area contributed by atoms with Gasteiger partial charge in [-0.2, -0.15) is 5.10 Å². The Kier molecular flexibility index (Phi) is 10.2. The van der Waals surface area contributed by atoms with Gasteiger partial charge in [-0.05, 0) is 51.7 Å². The lowest BCUT2D eigenvalue weighted by atomic mass is 10.0. The van der Waals surface area contributed by atoms with Crippen LogP contribution in [0.25, 0.3) is 10.6 Å². The zero-order chi connectivity index (χ0) is 29.7. The van der Waals surface area contributed by atoms with E-state index in [1.807, 2.05) is 19.9 Å². The maximum absolute atomic E-state index is 13.5. The van der Waals surface area contributed by atoms with E-state index in [1.165, 1.54) is 22.1 Å². The number of hydrogen-bond donors (Lipinski definition) is 2. The van der Waals surface area contributed by atoms with Crippen LogP contribution in [0.2, 0.25) is 4.34 Å². The molecule has 1 fully saturated rings. The molecule has 0 spiro atoms. The number of nitrogens with one attached hydrogen (secondary N) is 2. The highest BCUT2D eigenvalue weighted by Gasteiger charge is 2.29. The van der Waals surface area contributed by atoms with Crippen molar-refractivity contribution in [3.8, 4) is 10.6 Å². The first-order chi connectivity index (χ1) is 19.5. The zero-order valence-electron chi connectivity index (χ0n) is 24.0. The highest BCUT2D eigenvalue weighted by atomic mass is 35.5. The van der Waals surface area contributed by atoms with Crippen LogP contribution >= 0.6 is 22.9 Å². The van der Waals surface area contributed by atoms with Gasteiger partial charge in [0.2, 0.25) is 0 Å². The van der Waals surface area contributed by atoms with Crippen molar-refractivity contribution in [1.29, 1.82) is 0 Å². The van der Waals surface area contributed by atoms with E-state index in [-0.39, 0.29) is 42.4 Å². The molecule has 0 aliphatic carbocycles. The molecule has 0 saturated carbocycles. The molecule has 4 heterocycles. The summed E-state index contributed by atoms with van der Waals surface area (Å²) < 4.78 is 12.7. The lowest BCUT2D eigenvalue weighted by molar-refractivity contribution is -0.146. The van der Waals surface area contributed by atoms with E-state index in [9.17, 15) is 14.4 Å². The van der Waals surface area contributed by atoms with Crippen molar-refractivity contribution in [1.82, 2.24) is 30.5 Å². The monoisotopic (exact) mass is 604 g/mol. The average Bonchev–Trinajstić information content (AvgIpc) is 3.67. The normalized spacial score (nSPS) is 15.3. The largest absolute Gasteiger partial charge is 0.464 e. The minimum absolute atomic E-state index is 0.00785. The summed E-state index contributed by atoms with van der Waals surface area (Å²) in [7, 11) is 0. The molecule has 0 bridgehead atoms. The van der Waals surface area contributed by atoms with Gasteiger partial charge in [0.15, 0.2) is 11.5 Å². The predicted octanol–water partition coefficient (Wildman–Crippen LogP) is 4.22. The van der Waals surface area contributed by atoms with E-state index >= 15 is 0 Å². The molecular formula is C28H37ClN6O5S. The number of likely N-dealkylation sites (tertiary alicyclic amines) is 1. The van der Waals surface area contributed by atoms with Gasteiger partial charge in [-0.3, -0.25) is 14.3 Å². The van der Waals surface area contributed by atoms with Gasteiger partial charge in [-0.1, -0.05) is 30.6 Å². The van der Waals surface area contributed by atoms with Crippen LogP contribution in [0.1, 0.15) is 74.1 Å². The fourth-order valence-corrected chi connectivity index (χ4v) is 5.69. The van der Waals surface area contributed by atoms with Crippen LogP contribution in [-0.2, 0) is 16.1 Å². The van der Waals surface area contributed by atoms with Crippen molar-refractivity contribution >= 4 is 40.7 Å². The first-order valence-corrected chi connectivity index (χ1v) is 15.1. The fourth-order valence-electron chi connectivity index (χ4n) is 4.70. The van der Waals surface area contributed by atoms with Gasteiger partial charge in [0.25, 0.3) is 11.8 Å². The standard InChI is InChI=1S/C28H37ClN6O5S/c1-6-39-28(38)25(16(2)3)31-26(36)20-14-21(27(37)30-18-9-11-34(12-10-18)17(4)5)35(32-20)15-19-13-22(40-33-19)23-7-8-24(29)41-23/h7-8,13-14,16-18,25H,6,9-12,15H2,1-5H3,(H,30,37)(H,31,36). The number of thiophene rings is 1. The van der Waals surface area contributed by atoms with Crippen LogP contribution in [0.3, 0.4) is 0 Å². The third-order valence-corrected chi connectivity index (χ3v) is 8.27. The Labute approximate surface area is 248 Å². The number of amides is 2. The minimum Gasteiger partial charge on any atom is -0.464 e. The number of hydrogen-bond acceptors (Lipinski definition) is 9. The third kappa shape index (κ3) is 7.75. The van der Waals surface area contributed by atoms with Gasteiger partial charge in [0.1, 0.15) is 17.4 Å². The van der Waals surface area contributed by atoms with Crippen molar-refractivity contribution in [2.45, 2.75) is 72.1 Å². The topological polar surface area (TPSA) is 132 Å². The summed E-state index contributed by atoms with van der Waals surface area (Å²) in [5.74, 6) is -1.11. The van der Waals surface area contributed by atoms with Crippen LogP contribution in [0.4, 0.5) is 0 Å². The Hall–Kier alpha value is -3.22. The number of piperidine rings is 1. The molecular weight excluding hydrogens is 568 g/mol. The van der Waals surface area contributed by atoms with Crippen molar-refractivity contribution < 1.29 is 23.6 Å². The number of ether oxygens (including phenoxy) is 1. The van der Waals surface area contributed by atoms with Crippen molar-refractivity contribution in [3.63, 3.8) is 0 Å². The second-order valence-corrected chi connectivity index (χ2v) is 12.4. The molecule has 3 aromatic heterocycles. The maximum atomic E-state index is 13.5. The van der Waals surface area contributed by atoms with Gasteiger partial charge in [-0.25, -0.2) is 4.79 Å². The minimum atomic E-state index is -0.855. The molecule has 13 heteroatoms. The summed E-state index contributed by atoms with van der Waals surface area (Å²) in [5.41, 5.74) is 0.737. The first kappa shape index (κ1) is 30.7. The molecule has 0 aromatic carbocycles. The van der Waals surface area contributed by atoms with E-state index in [0.717, 1.165) is 30.8 Å². The lowest BCUT2D eigenvalue weighted by Crippen LogP contribution is -2.47. The van der Waals surface area contributed by atoms with Gasteiger partial charge in [0.05, 0.1) is 22.4 Å². The summed E-state index contributed by atoms with van der Waals surface area (Å²) in [6, 6.07) is 6.42. The summed E-state index contributed by atoms with van der Waals surface area (Å²) >= 11 is 7.42. The van der Waals surface area contributed by atoms with Gasteiger partial charge in [0, 0.05) is 37.3 Å². The predicted molar refractivity (Wildman–Crippen MR) is 156 cm³/mol. The molecule has 0 radical (unpaired) electrons. The number of aromatic nitrogens is 3. The Bertz CT molecular complexity index is 1360. The summed E-state index contributed by atoms with van der Waals surface area (Å²) in [6.07, 6.45) is 1.66. The van der Waals surface area contributed by atoms with E-state index in [2.05, 4.69) is 39.6 Å². The van der Waals surface area contributed by atoms with Crippen LogP contribution in [-0.4, -0.2) is 75.4 Å². The quantitative estimate of drug-likeness (QED) is 0.311. The van der Waals surface area contributed by atoms with Gasteiger partial charge < -0.3 is 24.8 Å². The Morgan fingerprint density at radius 2 is 1.88 bits per heavy atom. The Balaban J connectivity index is 1.56. The molecule has 1 unspecified atom stereocenters. The molecule has 1 aliphatic heterocycles. The van der Waals surface area contributed by atoms with Crippen molar-refractivity contribution in [2.24, 2.45) is 5.92 Å².